The largest absolute Gasteiger partial charge is 0.486 e. The van der Waals surface area contributed by atoms with Crippen LogP contribution in [-0.2, 0) is 0 Å². The minimum absolute atomic E-state index is 0.133. The van der Waals surface area contributed by atoms with E-state index >= 15 is 0 Å². The summed E-state index contributed by atoms with van der Waals surface area (Å²) in [6, 6.07) is 4.65. The zero-order chi connectivity index (χ0) is 14.3. The minimum Gasteiger partial charge on any atom is -0.486 e. The van der Waals surface area contributed by atoms with Crippen molar-refractivity contribution in [2.75, 3.05) is 13.2 Å². The second-order valence-corrected chi connectivity index (χ2v) is 4.97. The molecule has 19 heavy (non-hydrogen) atoms. The highest BCUT2D eigenvalue weighted by atomic mass is 127. The number of nitro benzene ring substituents is 1. The quantitative estimate of drug-likeness (QED) is 0.342. The Bertz CT molecular complexity index is 499. The van der Waals surface area contributed by atoms with Crippen molar-refractivity contribution in [3.63, 3.8) is 0 Å². The standard InChI is InChI=1S/C12H13IN2O4/c13-10-6-9(8-14)7-11(15(17)18)12(10)19-5-3-1-2-4-16/h6-7,16H,1-5H2. The van der Waals surface area contributed by atoms with Crippen molar-refractivity contribution in [2.24, 2.45) is 0 Å². The van der Waals surface area contributed by atoms with Crippen LogP contribution in [0.3, 0.4) is 0 Å². The third-order valence-electron chi connectivity index (χ3n) is 2.40. The molecule has 1 rings (SSSR count). The zero-order valence-corrected chi connectivity index (χ0v) is 12.3. The first kappa shape index (κ1) is 15.7. The van der Waals surface area contributed by atoms with Gasteiger partial charge in [-0.2, -0.15) is 5.26 Å². The monoisotopic (exact) mass is 376 g/mol. The van der Waals surface area contributed by atoms with Gasteiger partial charge in [-0.3, -0.25) is 10.1 Å². The predicted molar refractivity (Wildman–Crippen MR) is 77.0 cm³/mol. The van der Waals surface area contributed by atoms with E-state index in [-0.39, 0.29) is 23.6 Å². The molecule has 0 aliphatic heterocycles. The van der Waals surface area contributed by atoms with Crippen LogP contribution in [-0.4, -0.2) is 23.2 Å². The Hall–Kier alpha value is -1.40. The van der Waals surface area contributed by atoms with Gasteiger partial charge in [0.1, 0.15) is 0 Å². The van der Waals surface area contributed by atoms with Crippen molar-refractivity contribution < 1.29 is 14.8 Å². The zero-order valence-electron chi connectivity index (χ0n) is 10.1. The van der Waals surface area contributed by atoms with Gasteiger partial charge in [-0.05, 0) is 47.9 Å². The lowest BCUT2D eigenvalue weighted by molar-refractivity contribution is -0.386. The fourth-order valence-electron chi connectivity index (χ4n) is 1.49. The van der Waals surface area contributed by atoms with Gasteiger partial charge < -0.3 is 9.84 Å². The van der Waals surface area contributed by atoms with Gasteiger partial charge in [0.05, 0.1) is 26.7 Å². The highest BCUT2D eigenvalue weighted by Crippen LogP contribution is 2.33. The first-order valence-electron chi connectivity index (χ1n) is 5.72. The molecule has 0 aliphatic rings. The normalized spacial score (nSPS) is 9.95. The van der Waals surface area contributed by atoms with Crippen molar-refractivity contribution in [3.05, 3.63) is 31.4 Å². The molecule has 0 spiro atoms. The first-order chi connectivity index (χ1) is 9.10. The highest BCUT2D eigenvalue weighted by molar-refractivity contribution is 14.1. The predicted octanol–water partition coefficient (Wildman–Crippen LogP) is 2.61. The van der Waals surface area contributed by atoms with Gasteiger partial charge in [-0.25, -0.2) is 0 Å². The number of halogens is 1. The Balaban J connectivity index is 2.81. The van der Waals surface area contributed by atoms with E-state index in [1.807, 2.05) is 28.7 Å². The number of unbranched alkanes of at least 4 members (excludes halogenated alkanes) is 2. The van der Waals surface area contributed by atoms with E-state index in [0.29, 0.717) is 23.0 Å². The van der Waals surface area contributed by atoms with E-state index in [0.717, 1.165) is 6.42 Å². The van der Waals surface area contributed by atoms with Gasteiger partial charge in [0.15, 0.2) is 0 Å². The summed E-state index contributed by atoms with van der Waals surface area (Å²) in [6.45, 7) is 0.483. The molecule has 6 nitrogen and oxygen atoms in total. The van der Waals surface area contributed by atoms with Gasteiger partial charge in [0.2, 0.25) is 5.75 Å². The summed E-state index contributed by atoms with van der Waals surface area (Å²) >= 11 is 1.92. The van der Waals surface area contributed by atoms with Crippen LogP contribution in [0, 0.1) is 25.0 Å². The Morgan fingerprint density at radius 3 is 2.74 bits per heavy atom. The van der Waals surface area contributed by atoms with Crippen molar-refractivity contribution in [1.29, 1.82) is 5.26 Å². The maximum Gasteiger partial charge on any atom is 0.313 e. The third kappa shape index (κ3) is 4.65. The van der Waals surface area contributed by atoms with E-state index < -0.39 is 4.92 Å². The smallest absolute Gasteiger partial charge is 0.313 e. The van der Waals surface area contributed by atoms with Gasteiger partial charge in [0, 0.05) is 12.7 Å². The van der Waals surface area contributed by atoms with E-state index in [1.54, 1.807) is 6.07 Å². The van der Waals surface area contributed by atoms with Crippen molar-refractivity contribution >= 4 is 28.3 Å². The molecule has 0 atom stereocenters. The van der Waals surface area contributed by atoms with Crippen molar-refractivity contribution in [2.45, 2.75) is 19.3 Å². The summed E-state index contributed by atoms with van der Waals surface area (Å²) in [5, 5.41) is 28.4. The van der Waals surface area contributed by atoms with Gasteiger partial charge in [0.25, 0.3) is 0 Å². The molecule has 0 amide bonds. The topological polar surface area (TPSA) is 96.4 Å². The molecular weight excluding hydrogens is 363 g/mol. The first-order valence-corrected chi connectivity index (χ1v) is 6.79. The van der Waals surface area contributed by atoms with Gasteiger partial charge in [-0.15, -0.1) is 0 Å². The van der Waals surface area contributed by atoms with Crippen LogP contribution in [0.15, 0.2) is 12.1 Å². The number of nitriles is 1. The van der Waals surface area contributed by atoms with E-state index in [4.69, 9.17) is 15.1 Å². The molecule has 102 valence electrons. The molecule has 0 aliphatic carbocycles. The summed E-state index contributed by atoms with van der Waals surface area (Å²) in [5.74, 6) is 0.202. The number of aliphatic hydroxyl groups excluding tert-OH is 1. The lowest BCUT2D eigenvalue weighted by atomic mass is 10.2. The molecule has 0 saturated carbocycles. The fraction of sp³-hybridized carbons (Fsp3) is 0.417. The number of ether oxygens (including phenoxy) is 1. The van der Waals surface area contributed by atoms with Crippen LogP contribution in [0.4, 0.5) is 5.69 Å². The second-order valence-electron chi connectivity index (χ2n) is 3.81. The Morgan fingerprint density at radius 2 is 2.16 bits per heavy atom. The molecule has 0 bridgehead atoms. The highest BCUT2D eigenvalue weighted by Gasteiger charge is 2.20. The summed E-state index contributed by atoms with van der Waals surface area (Å²) < 4.78 is 5.98. The number of nitro groups is 1. The molecule has 0 fully saturated rings. The van der Waals surface area contributed by atoms with Crippen LogP contribution in [0.1, 0.15) is 24.8 Å². The van der Waals surface area contributed by atoms with Crippen LogP contribution in [0.5, 0.6) is 5.75 Å². The van der Waals surface area contributed by atoms with Crippen LogP contribution in [0.25, 0.3) is 0 Å². The number of aliphatic hydroxyl groups is 1. The molecule has 1 N–H and O–H groups in total. The summed E-state index contributed by atoms with van der Waals surface area (Å²) in [6.07, 6.45) is 2.21. The maximum atomic E-state index is 11.0. The molecular formula is C12H13IN2O4. The molecule has 1 aromatic carbocycles. The van der Waals surface area contributed by atoms with Crippen LogP contribution in [0.2, 0.25) is 0 Å². The Labute approximate surface area is 124 Å². The Kier molecular flexibility index (Phi) is 6.52. The molecule has 0 saturated heterocycles. The van der Waals surface area contributed by atoms with Gasteiger partial charge in [-0.1, -0.05) is 0 Å². The third-order valence-corrected chi connectivity index (χ3v) is 3.20. The molecule has 7 heteroatoms. The lowest BCUT2D eigenvalue weighted by Crippen LogP contribution is -2.03. The molecule has 1 aromatic rings. The van der Waals surface area contributed by atoms with Crippen LogP contribution < -0.4 is 4.74 Å². The van der Waals surface area contributed by atoms with Gasteiger partial charge >= 0.3 is 5.69 Å². The minimum atomic E-state index is -0.550. The molecule has 0 heterocycles. The Morgan fingerprint density at radius 1 is 1.42 bits per heavy atom. The van der Waals surface area contributed by atoms with Crippen LogP contribution >= 0.6 is 22.6 Å². The second kappa shape index (κ2) is 7.91. The number of hydrogen-bond donors (Lipinski definition) is 1. The molecule has 0 unspecified atom stereocenters. The molecule has 0 aromatic heterocycles. The van der Waals surface area contributed by atoms with Crippen molar-refractivity contribution in [3.8, 4) is 11.8 Å². The fourth-order valence-corrected chi connectivity index (χ4v) is 2.25. The number of nitrogens with zero attached hydrogens (tertiary/aromatic N) is 2. The summed E-state index contributed by atoms with van der Waals surface area (Å²) in [7, 11) is 0. The van der Waals surface area contributed by atoms with E-state index in [1.165, 1.54) is 6.07 Å². The average molecular weight is 376 g/mol. The SMILES string of the molecule is N#Cc1cc(I)c(OCCCCCO)c([N+](=O)[O-])c1. The van der Waals surface area contributed by atoms with E-state index in [2.05, 4.69) is 0 Å². The summed E-state index contributed by atoms with van der Waals surface area (Å²) in [5.41, 5.74) is 0.0503. The van der Waals surface area contributed by atoms with Crippen molar-refractivity contribution in [1.82, 2.24) is 0 Å². The van der Waals surface area contributed by atoms with E-state index in [9.17, 15) is 10.1 Å². The summed E-state index contributed by atoms with van der Waals surface area (Å²) in [4.78, 5) is 10.4. The average Bonchev–Trinajstić information content (AvgIpc) is 2.39. The maximum absolute atomic E-state index is 11.0. The molecule has 0 radical (unpaired) electrons. The number of benzene rings is 1. The number of hydrogen-bond acceptors (Lipinski definition) is 5. The number of rotatable bonds is 7. The lowest BCUT2D eigenvalue weighted by Gasteiger charge is -2.08.